The van der Waals surface area contributed by atoms with Gasteiger partial charge in [-0.3, -0.25) is 14.9 Å². The lowest BCUT2D eigenvalue weighted by molar-refractivity contribution is 0.0333. The third kappa shape index (κ3) is 10.8. The number of fused-ring (bicyclic) bond motifs is 2. The minimum absolute atomic E-state index is 0.0290. The highest BCUT2D eigenvalue weighted by Gasteiger charge is 2.27. The Kier molecular flexibility index (Phi) is 12.1. The number of amidine groups is 1. The monoisotopic (exact) mass is 622 g/mol. The summed E-state index contributed by atoms with van der Waals surface area (Å²) in [5, 5.41) is 10.6. The molecule has 1 aromatic heterocycles. The number of ether oxygens (including phenoxy) is 2. The van der Waals surface area contributed by atoms with E-state index in [0.717, 1.165) is 82.2 Å². The number of benzene rings is 1. The summed E-state index contributed by atoms with van der Waals surface area (Å²) >= 11 is 0. The molecule has 0 radical (unpaired) electrons. The zero-order valence-corrected chi connectivity index (χ0v) is 28.7. The van der Waals surface area contributed by atoms with Crippen molar-refractivity contribution in [2.24, 2.45) is 17.1 Å². The van der Waals surface area contributed by atoms with Gasteiger partial charge in [0, 0.05) is 25.6 Å². The quantitative estimate of drug-likeness (QED) is 0.127. The molecule has 5 rings (SSSR count). The molecule has 9 heteroatoms. The summed E-state index contributed by atoms with van der Waals surface area (Å²) in [4.78, 5) is 19.7. The zero-order chi connectivity index (χ0) is 32.6. The van der Waals surface area contributed by atoms with Crippen LogP contribution < -0.4 is 21.5 Å². The average Bonchev–Trinajstić information content (AvgIpc) is 2.98. The molecule has 9 nitrogen and oxygen atoms in total. The van der Waals surface area contributed by atoms with Crippen LogP contribution >= 0.6 is 0 Å². The SMILES string of the molecule is CC(C)(C)CCN1CCOCC1.CC(C)(C)c1ccc2c(c1)Nc1nc(=O)n(C3CCC(CCCCCC(=N)N)CC3)cc1O2. The number of morpholine rings is 1. The fourth-order valence-corrected chi connectivity index (χ4v) is 6.26. The molecule has 45 heavy (non-hydrogen) atoms. The first kappa shape index (κ1) is 35.0. The summed E-state index contributed by atoms with van der Waals surface area (Å²) in [6, 6.07) is 6.34. The standard InChI is InChI=1S/C26H37N5O2.C10H21NO/c1-26(2,3)18-11-14-21-20(15-18)29-24-22(33-21)16-31(25(32)30-24)19-12-9-17(10-13-19)7-5-4-6-8-23(27)28;1-10(2,3)4-5-11-6-8-12-9-7-11/h11,14-17,19H,4-10,12-13H2,1-3H3,(H3,27,28)(H,29,30,32);4-9H2,1-3H3. The topological polar surface area (TPSA) is 118 Å². The van der Waals surface area contributed by atoms with E-state index >= 15 is 0 Å². The molecule has 3 aliphatic rings. The first-order valence-electron chi connectivity index (χ1n) is 17.1. The number of unbranched alkanes of at least 4 members (excludes halogenated alkanes) is 2. The van der Waals surface area contributed by atoms with Gasteiger partial charge in [0.1, 0.15) is 0 Å². The van der Waals surface area contributed by atoms with E-state index in [4.69, 9.17) is 20.6 Å². The maximum atomic E-state index is 12.8. The Labute approximate surface area is 270 Å². The fraction of sp³-hybridized carbons (Fsp3) is 0.694. The molecular weight excluding hydrogens is 564 g/mol. The van der Waals surface area contributed by atoms with Crippen LogP contribution in [0.3, 0.4) is 0 Å². The largest absolute Gasteiger partial charge is 0.450 e. The van der Waals surface area contributed by atoms with Crippen molar-refractivity contribution in [3.8, 4) is 11.5 Å². The van der Waals surface area contributed by atoms with Gasteiger partial charge < -0.3 is 20.5 Å². The van der Waals surface area contributed by atoms with Gasteiger partial charge in [0.2, 0.25) is 0 Å². The molecule has 1 aliphatic carbocycles. The van der Waals surface area contributed by atoms with Crippen molar-refractivity contribution in [2.75, 3.05) is 38.2 Å². The molecule has 3 heterocycles. The molecule has 1 aromatic carbocycles. The fourth-order valence-electron chi connectivity index (χ4n) is 6.26. The summed E-state index contributed by atoms with van der Waals surface area (Å²) in [6.45, 7) is 18.7. The van der Waals surface area contributed by atoms with Gasteiger partial charge in [-0.1, -0.05) is 66.9 Å². The Bertz CT molecular complexity index is 1310. The third-order valence-electron chi connectivity index (χ3n) is 9.29. The molecule has 2 aliphatic heterocycles. The Balaban J connectivity index is 0.000000323. The Morgan fingerprint density at radius 2 is 1.73 bits per heavy atom. The minimum atomic E-state index is -0.215. The van der Waals surface area contributed by atoms with Gasteiger partial charge in [0.25, 0.3) is 0 Å². The lowest BCUT2D eigenvalue weighted by Crippen LogP contribution is -2.37. The second-order valence-electron chi connectivity index (χ2n) is 15.4. The van der Waals surface area contributed by atoms with E-state index in [9.17, 15) is 4.79 Å². The van der Waals surface area contributed by atoms with Gasteiger partial charge >= 0.3 is 5.69 Å². The second-order valence-corrected chi connectivity index (χ2v) is 15.4. The molecule has 1 saturated carbocycles. The van der Waals surface area contributed by atoms with Crippen molar-refractivity contribution in [1.29, 1.82) is 5.41 Å². The maximum absolute atomic E-state index is 12.8. The normalized spacial score (nSPS) is 20.1. The molecule has 0 unspecified atom stereocenters. The number of hydrogen-bond acceptors (Lipinski definition) is 7. The highest BCUT2D eigenvalue weighted by Crippen LogP contribution is 2.43. The number of anilines is 2. The van der Waals surface area contributed by atoms with Crippen LogP contribution in [0.25, 0.3) is 0 Å². The lowest BCUT2D eigenvalue weighted by atomic mass is 9.83. The molecule has 0 atom stereocenters. The van der Waals surface area contributed by atoms with E-state index in [0.29, 0.717) is 23.4 Å². The van der Waals surface area contributed by atoms with Crippen LogP contribution in [0, 0.1) is 16.7 Å². The third-order valence-corrected chi connectivity index (χ3v) is 9.29. The number of nitrogens with two attached hydrogens (primary N) is 1. The molecule has 0 bridgehead atoms. The van der Waals surface area contributed by atoms with Crippen LogP contribution in [-0.4, -0.2) is 53.1 Å². The first-order chi connectivity index (χ1) is 21.3. The lowest BCUT2D eigenvalue weighted by Gasteiger charge is -2.30. The van der Waals surface area contributed by atoms with E-state index < -0.39 is 0 Å². The predicted molar refractivity (Wildman–Crippen MR) is 184 cm³/mol. The average molecular weight is 623 g/mol. The summed E-state index contributed by atoms with van der Waals surface area (Å²) < 4.78 is 13.2. The van der Waals surface area contributed by atoms with Crippen molar-refractivity contribution in [2.45, 2.75) is 117 Å². The van der Waals surface area contributed by atoms with Crippen LogP contribution in [0.15, 0.2) is 29.2 Å². The van der Waals surface area contributed by atoms with Crippen molar-refractivity contribution in [1.82, 2.24) is 14.5 Å². The molecule has 250 valence electrons. The smallest absolute Gasteiger partial charge is 0.350 e. The van der Waals surface area contributed by atoms with Gasteiger partial charge in [0.05, 0.1) is 30.9 Å². The van der Waals surface area contributed by atoms with Crippen LogP contribution in [0.5, 0.6) is 11.5 Å². The molecule has 4 N–H and O–H groups in total. The van der Waals surface area contributed by atoms with Crippen molar-refractivity contribution >= 4 is 17.3 Å². The van der Waals surface area contributed by atoms with Crippen LogP contribution in [0.4, 0.5) is 11.5 Å². The molecule has 1 saturated heterocycles. The van der Waals surface area contributed by atoms with Gasteiger partial charge in [-0.15, -0.1) is 0 Å². The summed E-state index contributed by atoms with van der Waals surface area (Å²) in [5.74, 6) is 2.88. The number of aromatic nitrogens is 2. The van der Waals surface area contributed by atoms with E-state index in [1.807, 2.05) is 12.3 Å². The van der Waals surface area contributed by atoms with Crippen molar-refractivity contribution in [3.05, 3.63) is 40.4 Å². The van der Waals surface area contributed by atoms with Gasteiger partial charge in [-0.05, 0) is 79.5 Å². The molecule has 2 fully saturated rings. The van der Waals surface area contributed by atoms with Crippen molar-refractivity contribution < 1.29 is 9.47 Å². The highest BCUT2D eigenvalue weighted by molar-refractivity contribution is 5.76. The zero-order valence-electron chi connectivity index (χ0n) is 28.7. The molecule has 2 aromatic rings. The van der Waals surface area contributed by atoms with E-state index in [-0.39, 0.29) is 23.0 Å². The highest BCUT2D eigenvalue weighted by atomic mass is 16.5. The summed E-state index contributed by atoms with van der Waals surface area (Å²) in [5.41, 5.74) is 7.76. The first-order valence-corrected chi connectivity index (χ1v) is 17.1. The van der Waals surface area contributed by atoms with E-state index in [1.165, 1.54) is 31.4 Å². The number of nitrogens with zero attached hydrogens (tertiary/aromatic N) is 3. The second kappa shape index (κ2) is 15.6. The van der Waals surface area contributed by atoms with E-state index in [1.54, 1.807) is 4.57 Å². The number of hydrogen-bond donors (Lipinski definition) is 3. The number of nitrogens with one attached hydrogen (secondary N) is 2. The van der Waals surface area contributed by atoms with Crippen molar-refractivity contribution in [3.63, 3.8) is 0 Å². The number of rotatable bonds is 9. The van der Waals surface area contributed by atoms with Gasteiger partial charge in [-0.25, -0.2) is 4.79 Å². The molecular formula is C36H58N6O3. The Morgan fingerprint density at radius 1 is 1.02 bits per heavy atom. The predicted octanol–water partition coefficient (Wildman–Crippen LogP) is 7.76. The summed E-state index contributed by atoms with van der Waals surface area (Å²) in [7, 11) is 0. The summed E-state index contributed by atoms with van der Waals surface area (Å²) in [6.07, 6.45) is 12.7. The Hall–Kier alpha value is -2.91. The Morgan fingerprint density at radius 3 is 2.38 bits per heavy atom. The van der Waals surface area contributed by atoms with Crippen LogP contribution in [0.1, 0.15) is 117 Å². The molecule has 0 spiro atoms. The van der Waals surface area contributed by atoms with Crippen LogP contribution in [0.2, 0.25) is 0 Å². The maximum Gasteiger partial charge on any atom is 0.350 e. The molecule has 0 amide bonds. The van der Waals surface area contributed by atoms with E-state index in [2.05, 4.69) is 68.9 Å². The van der Waals surface area contributed by atoms with Gasteiger partial charge in [0.15, 0.2) is 17.3 Å². The minimum Gasteiger partial charge on any atom is -0.450 e. The van der Waals surface area contributed by atoms with Gasteiger partial charge in [-0.2, -0.15) is 4.98 Å². The van der Waals surface area contributed by atoms with Crippen LogP contribution in [-0.2, 0) is 10.2 Å².